The van der Waals surface area contributed by atoms with Crippen LogP contribution in [0.4, 0.5) is 5.69 Å². The van der Waals surface area contributed by atoms with E-state index in [4.69, 9.17) is 0 Å². The maximum absolute atomic E-state index is 12.3. The zero-order valence-electron chi connectivity index (χ0n) is 16.3. The zero-order chi connectivity index (χ0) is 19.2. The third-order valence-corrected chi connectivity index (χ3v) is 4.92. The summed E-state index contributed by atoms with van der Waals surface area (Å²) in [4.78, 5) is 18.8. The molecule has 1 aliphatic rings. The summed E-state index contributed by atoms with van der Waals surface area (Å²) in [6.07, 6.45) is 6.01. The minimum Gasteiger partial charge on any atom is -0.347 e. The highest BCUT2D eigenvalue weighted by Gasteiger charge is 2.27. The third kappa shape index (κ3) is 4.87. The van der Waals surface area contributed by atoms with Crippen molar-refractivity contribution in [1.82, 2.24) is 20.0 Å². The lowest BCUT2D eigenvalue weighted by Crippen LogP contribution is -2.43. The van der Waals surface area contributed by atoms with Crippen LogP contribution < -0.4 is 10.6 Å². The lowest BCUT2D eigenvalue weighted by atomic mass is 10.0. The SMILES string of the molecule is CCc1cccc(NC(=O)CNC(=NC)N2CCC(c3cnn(C)c3)C2)c1. The second-order valence-corrected chi connectivity index (χ2v) is 6.88. The molecule has 0 saturated carbocycles. The second kappa shape index (κ2) is 8.70. The Bertz CT molecular complexity index is 812. The number of rotatable bonds is 5. The molecule has 1 atom stereocenters. The summed E-state index contributed by atoms with van der Waals surface area (Å²) >= 11 is 0. The second-order valence-electron chi connectivity index (χ2n) is 6.88. The number of aryl methyl sites for hydroxylation is 2. The van der Waals surface area contributed by atoms with Crippen molar-refractivity contribution in [3.63, 3.8) is 0 Å². The van der Waals surface area contributed by atoms with Crippen LogP contribution in [0.3, 0.4) is 0 Å². The maximum atomic E-state index is 12.3. The van der Waals surface area contributed by atoms with Crippen LogP contribution in [-0.4, -0.2) is 53.2 Å². The highest BCUT2D eigenvalue weighted by Crippen LogP contribution is 2.26. The molecule has 1 aliphatic heterocycles. The number of benzene rings is 1. The maximum Gasteiger partial charge on any atom is 0.243 e. The van der Waals surface area contributed by atoms with Gasteiger partial charge in [0.1, 0.15) is 0 Å². The molecule has 0 bridgehead atoms. The van der Waals surface area contributed by atoms with Gasteiger partial charge in [-0.25, -0.2) is 0 Å². The standard InChI is InChI=1S/C20H28N6O/c1-4-15-6-5-7-18(10-15)24-19(27)12-22-20(21-2)26-9-8-16(14-26)17-11-23-25(3)13-17/h5-7,10-11,13,16H,4,8-9,12,14H2,1-3H3,(H,21,22)(H,24,27). The fourth-order valence-electron chi connectivity index (χ4n) is 3.44. The molecule has 2 heterocycles. The van der Waals surface area contributed by atoms with Crippen molar-refractivity contribution in [3.05, 3.63) is 47.8 Å². The van der Waals surface area contributed by atoms with E-state index >= 15 is 0 Å². The predicted octanol–water partition coefficient (Wildman–Crippen LogP) is 1.99. The molecule has 1 fully saturated rings. The molecular weight excluding hydrogens is 340 g/mol. The number of nitrogens with zero attached hydrogens (tertiary/aromatic N) is 4. The highest BCUT2D eigenvalue weighted by molar-refractivity contribution is 5.95. The number of aliphatic imine (C=N–C) groups is 1. The summed E-state index contributed by atoms with van der Waals surface area (Å²) in [5, 5.41) is 10.4. The molecule has 0 aliphatic carbocycles. The van der Waals surface area contributed by atoms with Crippen molar-refractivity contribution in [2.45, 2.75) is 25.7 Å². The number of carbonyl (C=O) groups excluding carboxylic acids is 1. The number of guanidine groups is 1. The Labute approximate surface area is 160 Å². The van der Waals surface area contributed by atoms with E-state index in [1.165, 1.54) is 11.1 Å². The van der Waals surface area contributed by atoms with E-state index in [-0.39, 0.29) is 12.5 Å². The van der Waals surface area contributed by atoms with Gasteiger partial charge in [-0.2, -0.15) is 5.10 Å². The first-order valence-electron chi connectivity index (χ1n) is 9.42. The van der Waals surface area contributed by atoms with Gasteiger partial charge in [-0.1, -0.05) is 19.1 Å². The third-order valence-electron chi connectivity index (χ3n) is 4.92. The highest BCUT2D eigenvalue weighted by atomic mass is 16.1. The Morgan fingerprint density at radius 3 is 2.96 bits per heavy atom. The minimum absolute atomic E-state index is 0.0765. The molecule has 2 N–H and O–H groups in total. The molecule has 7 nitrogen and oxygen atoms in total. The lowest BCUT2D eigenvalue weighted by Gasteiger charge is -2.21. The molecule has 0 spiro atoms. The number of aromatic nitrogens is 2. The molecule has 1 amide bonds. The molecule has 1 aromatic heterocycles. The van der Waals surface area contributed by atoms with Crippen molar-refractivity contribution in [2.75, 3.05) is 32.0 Å². The van der Waals surface area contributed by atoms with E-state index in [9.17, 15) is 4.79 Å². The quantitative estimate of drug-likeness (QED) is 0.625. The van der Waals surface area contributed by atoms with E-state index in [1.807, 2.05) is 36.1 Å². The first-order valence-corrected chi connectivity index (χ1v) is 9.42. The molecule has 1 aromatic carbocycles. The smallest absolute Gasteiger partial charge is 0.243 e. The van der Waals surface area contributed by atoms with Crippen LogP contribution in [-0.2, 0) is 18.3 Å². The van der Waals surface area contributed by atoms with Crippen molar-refractivity contribution in [3.8, 4) is 0 Å². The Morgan fingerprint density at radius 2 is 2.26 bits per heavy atom. The van der Waals surface area contributed by atoms with Crippen LogP contribution in [0.2, 0.25) is 0 Å². The lowest BCUT2D eigenvalue weighted by molar-refractivity contribution is -0.115. The number of hydrogen-bond acceptors (Lipinski definition) is 3. The normalized spacial score (nSPS) is 17.2. The topological polar surface area (TPSA) is 74.6 Å². The van der Waals surface area contributed by atoms with Crippen molar-refractivity contribution >= 4 is 17.6 Å². The van der Waals surface area contributed by atoms with Crippen LogP contribution in [0.25, 0.3) is 0 Å². The largest absolute Gasteiger partial charge is 0.347 e. The van der Waals surface area contributed by atoms with Crippen LogP contribution >= 0.6 is 0 Å². The number of nitrogens with one attached hydrogen (secondary N) is 2. The van der Waals surface area contributed by atoms with Gasteiger partial charge in [-0.05, 0) is 36.1 Å². The summed E-state index contributed by atoms with van der Waals surface area (Å²) in [5.41, 5.74) is 3.29. The summed E-state index contributed by atoms with van der Waals surface area (Å²) in [6.45, 7) is 4.09. The van der Waals surface area contributed by atoms with Gasteiger partial charge in [0, 0.05) is 45.0 Å². The van der Waals surface area contributed by atoms with E-state index in [0.717, 1.165) is 37.6 Å². The Balaban J connectivity index is 1.51. The van der Waals surface area contributed by atoms with Gasteiger partial charge in [-0.15, -0.1) is 0 Å². The number of anilines is 1. The van der Waals surface area contributed by atoms with Gasteiger partial charge >= 0.3 is 0 Å². The van der Waals surface area contributed by atoms with Gasteiger partial charge in [0.15, 0.2) is 5.96 Å². The van der Waals surface area contributed by atoms with Crippen molar-refractivity contribution in [2.24, 2.45) is 12.0 Å². The van der Waals surface area contributed by atoms with Crippen molar-refractivity contribution in [1.29, 1.82) is 0 Å². The van der Waals surface area contributed by atoms with Crippen molar-refractivity contribution < 1.29 is 4.79 Å². The number of likely N-dealkylation sites (tertiary alicyclic amines) is 1. The van der Waals surface area contributed by atoms with E-state index < -0.39 is 0 Å². The van der Waals surface area contributed by atoms with Gasteiger partial charge < -0.3 is 15.5 Å². The average Bonchev–Trinajstić information content (AvgIpc) is 3.31. The summed E-state index contributed by atoms with van der Waals surface area (Å²) in [5.74, 6) is 1.13. The summed E-state index contributed by atoms with van der Waals surface area (Å²) in [7, 11) is 3.69. The molecule has 144 valence electrons. The first-order chi connectivity index (χ1) is 13.1. The number of carbonyl (C=O) groups is 1. The van der Waals surface area contributed by atoms with Crippen LogP contribution in [0, 0.1) is 0 Å². The Kier molecular flexibility index (Phi) is 6.11. The number of amides is 1. The van der Waals surface area contributed by atoms with Gasteiger partial charge in [0.2, 0.25) is 5.91 Å². The van der Waals surface area contributed by atoms with E-state index in [1.54, 1.807) is 7.05 Å². The Morgan fingerprint density at radius 1 is 1.41 bits per heavy atom. The predicted molar refractivity (Wildman–Crippen MR) is 108 cm³/mol. The first kappa shape index (κ1) is 18.9. The van der Waals surface area contributed by atoms with Gasteiger partial charge in [0.05, 0.1) is 12.7 Å². The van der Waals surface area contributed by atoms with Gasteiger partial charge in [-0.3, -0.25) is 14.5 Å². The molecule has 2 aromatic rings. The monoisotopic (exact) mass is 368 g/mol. The molecule has 0 radical (unpaired) electrons. The number of hydrogen-bond donors (Lipinski definition) is 2. The molecule has 3 rings (SSSR count). The van der Waals surface area contributed by atoms with E-state index in [0.29, 0.717) is 5.92 Å². The molecule has 7 heteroatoms. The molecule has 27 heavy (non-hydrogen) atoms. The Hall–Kier alpha value is -2.83. The fourth-order valence-corrected chi connectivity index (χ4v) is 3.44. The molecule has 1 unspecified atom stereocenters. The average molecular weight is 368 g/mol. The van der Waals surface area contributed by atoms with Crippen LogP contribution in [0.15, 0.2) is 41.7 Å². The summed E-state index contributed by atoms with van der Waals surface area (Å²) in [6, 6.07) is 7.93. The molecular formula is C20H28N6O. The van der Waals surface area contributed by atoms with Gasteiger partial charge in [0.25, 0.3) is 0 Å². The zero-order valence-corrected chi connectivity index (χ0v) is 16.3. The van der Waals surface area contributed by atoms with Crippen LogP contribution in [0.5, 0.6) is 0 Å². The molecule has 1 saturated heterocycles. The van der Waals surface area contributed by atoms with Crippen LogP contribution in [0.1, 0.15) is 30.4 Å². The minimum atomic E-state index is -0.0765. The van der Waals surface area contributed by atoms with E-state index in [2.05, 4.69) is 44.8 Å². The summed E-state index contributed by atoms with van der Waals surface area (Å²) < 4.78 is 1.84. The fraction of sp³-hybridized carbons (Fsp3) is 0.450.